The molecule has 1 rings (SSSR count). The molecule has 0 heterocycles. The average Bonchev–Trinajstić information content (AvgIpc) is 2.18. The highest BCUT2D eigenvalue weighted by molar-refractivity contribution is 5.30. The Morgan fingerprint density at radius 3 is 3.18 bits per heavy atom. The van der Waals surface area contributed by atoms with Crippen LogP contribution in [0.3, 0.4) is 0 Å². The normalized spacial score (nSPS) is 16.9. The van der Waals surface area contributed by atoms with E-state index in [2.05, 4.69) is 5.32 Å². The molecule has 0 aliphatic heterocycles. The summed E-state index contributed by atoms with van der Waals surface area (Å²) in [7, 11) is 0. The van der Waals surface area contributed by atoms with E-state index in [9.17, 15) is 4.39 Å². The summed E-state index contributed by atoms with van der Waals surface area (Å²) in [4.78, 5) is 0. The van der Waals surface area contributed by atoms with Crippen LogP contribution in [0.25, 0.3) is 0 Å². The molecular weight excluding hydrogens is 141 g/mol. The fourth-order valence-corrected chi connectivity index (χ4v) is 0.951. The minimum absolute atomic E-state index is 0.180. The summed E-state index contributed by atoms with van der Waals surface area (Å²) in [6.07, 6.45) is 7.77. The molecule has 0 saturated heterocycles. The summed E-state index contributed by atoms with van der Waals surface area (Å²) in [5.74, 6) is -0.180. The topological polar surface area (TPSA) is 12.0 Å². The van der Waals surface area contributed by atoms with Crippen molar-refractivity contribution in [3.63, 3.8) is 0 Å². The van der Waals surface area contributed by atoms with Crippen molar-refractivity contribution in [3.8, 4) is 0 Å². The molecule has 0 aromatic carbocycles. The number of hydrogen-bond acceptors (Lipinski definition) is 1. The van der Waals surface area contributed by atoms with Crippen molar-refractivity contribution in [1.82, 2.24) is 5.32 Å². The maximum atomic E-state index is 13.0. The number of nitrogens with one attached hydrogen (secondary N) is 1. The molecule has 0 aromatic heterocycles. The lowest BCUT2D eigenvalue weighted by Crippen LogP contribution is -2.12. The lowest BCUT2D eigenvalue weighted by atomic mass is 10.3. The van der Waals surface area contributed by atoms with Gasteiger partial charge in [-0.05, 0) is 19.4 Å². The predicted octanol–water partition coefficient (Wildman–Crippen LogP) is 2.29. The van der Waals surface area contributed by atoms with Gasteiger partial charge in [0.25, 0.3) is 0 Å². The Labute approximate surface area is 66.3 Å². The van der Waals surface area contributed by atoms with Crippen LogP contribution in [-0.4, -0.2) is 6.54 Å². The summed E-state index contributed by atoms with van der Waals surface area (Å²) < 4.78 is 13.0. The first-order chi connectivity index (χ1) is 5.34. The highest BCUT2D eigenvalue weighted by atomic mass is 19.1. The van der Waals surface area contributed by atoms with Gasteiger partial charge >= 0.3 is 0 Å². The summed E-state index contributed by atoms with van der Waals surface area (Å²) in [5.41, 5.74) is 0.609. The predicted molar refractivity (Wildman–Crippen MR) is 44.7 cm³/mol. The first-order valence-electron chi connectivity index (χ1n) is 3.81. The van der Waals surface area contributed by atoms with Crippen molar-refractivity contribution in [2.24, 2.45) is 0 Å². The maximum Gasteiger partial charge on any atom is 0.145 e. The Kier molecular flexibility index (Phi) is 2.90. The van der Waals surface area contributed by atoms with Gasteiger partial charge in [-0.2, -0.15) is 0 Å². The Hall–Kier alpha value is -1.05. The van der Waals surface area contributed by atoms with Gasteiger partial charge in [-0.15, -0.1) is 0 Å². The minimum Gasteiger partial charge on any atom is -0.383 e. The van der Waals surface area contributed by atoms with E-state index in [1.54, 1.807) is 6.08 Å². The van der Waals surface area contributed by atoms with E-state index in [0.717, 1.165) is 13.0 Å². The highest BCUT2D eigenvalue weighted by Crippen LogP contribution is 2.12. The monoisotopic (exact) mass is 153 g/mol. The standard InChI is InChI=1S/C9H12FN/c1-2-11-9-7-5-3-4-6-8(9)10/h3-4,6-7,11H,2,5H2,1H3. The second-order valence-corrected chi connectivity index (χ2v) is 2.33. The second-order valence-electron chi connectivity index (χ2n) is 2.33. The van der Waals surface area contributed by atoms with Gasteiger partial charge in [-0.25, -0.2) is 4.39 Å². The number of rotatable bonds is 2. The van der Waals surface area contributed by atoms with Crippen LogP contribution in [0.15, 0.2) is 35.8 Å². The Bertz CT molecular complexity index is 214. The summed E-state index contributed by atoms with van der Waals surface area (Å²) in [5, 5.41) is 2.95. The zero-order valence-electron chi connectivity index (χ0n) is 6.60. The third-order valence-electron chi connectivity index (χ3n) is 1.46. The molecule has 0 fully saturated rings. The van der Waals surface area contributed by atoms with E-state index in [4.69, 9.17) is 0 Å². The van der Waals surface area contributed by atoms with E-state index in [1.165, 1.54) is 6.08 Å². The molecule has 60 valence electrons. The van der Waals surface area contributed by atoms with Crippen molar-refractivity contribution in [3.05, 3.63) is 35.8 Å². The molecule has 0 spiro atoms. The fourth-order valence-electron chi connectivity index (χ4n) is 0.951. The first kappa shape index (κ1) is 8.05. The molecule has 0 saturated carbocycles. The molecule has 1 nitrogen and oxygen atoms in total. The molecule has 0 aromatic rings. The Morgan fingerprint density at radius 2 is 2.45 bits per heavy atom. The maximum absolute atomic E-state index is 13.0. The third-order valence-corrected chi connectivity index (χ3v) is 1.46. The van der Waals surface area contributed by atoms with Gasteiger partial charge in [-0.1, -0.05) is 18.2 Å². The quantitative estimate of drug-likeness (QED) is 0.641. The summed E-state index contributed by atoms with van der Waals surface area (Å²) >= 11 is 0. The van der Waals surface area contributed by atoms with Crippen LogP contribution in [0.5, 0.6) is 0 Å². The highest BCUT2D eigenvalue weighted by Gasteiger charge is 2.01. The van der Waals surface area contributed by atoms with Gasteiger partial charge in [0, 0.05) is 6.54 Å². The molecule has 0 radical (unpaired) electrons. The van der Waals surface area contributed by atoms with Crippen LogP contribution < -0.4 is 5.32 Å². The molecule has 0 amide bonds. The van der Waals surface area contributed by atoms with E-state index in [-0.39, 0.29) is 5.83 Å². The van der Waals surface area contributed by atoms with Crippen LogP contribution in [-0.2, 0) is 0 Å². The zero-order valence-corrected chi connectivity index (χ0v) is 6.60. The lowest BCUT2D eigenvalue weighted by molar-refractivity contribution is 0.624. The fraction of sp³-hybridized carbons (Fsp3) is 0.333. The van der Waals surface area contributed by atoms with E-state index in [0.29, 0.717) is 5.70 Å². The third kappa shape index (κ3) is 2.22. The molecule has 0 unspecified atom stereocenters. The van der Waals surface area contributed by atoms with E-state index < -0.39 is 0 Å². The SMILES string of the molecule is CCNC1=CCC=CC=C1F. The molecule has 1 aliphatic carbocycles. The molecular formula is C9H12FN. The smallest absolute Gasteiger partial charge is 0.145 e. The van der Waals surface area contributed by atoms with Gasteiger partial charge in [0.15, 0.2) is 0 Å². The van der Waals surface area contributed by atoms with Crippen LogP contribution in [0.2, 0.25) is 0 Å². The van der Waals surface area contributed by atoms with Gasteiger partial charge in [0.05, 0.1) is 5.70 Å². The summed E-state index contributed by atoms with van der Waals surface area (Å²) in [6, 6.07) is 0. The van der Waals surface area contributed by atoms with Crippen molar-refractivity contribution in [1.29, 1.82) is 0 Å². The lowest BCUT2D eigenvalue weighted by Gasteiger charge is -2.04. The van der Waals surface area contributed by atoms with Crippen LogP contribution in [0, 0.1) is 0 Å². The number of allylic oxidation sites excluding steroid dienone is 5. The van der Waals surface area contributed by atoms with E-state index in [1.807, 2.05) is 19.1 Å². The number of likely N-dealkylation sites (N-methyl/N-ethyl adjacent to an activating group) is 1. The number of halogens is 1. The summed E-state index contributed by atoms with van der Waals surface area (Å²) in [6.45, 7) is 2.71. The van der Waals surface area contributed by atoms with Crippen molar-refractivity contribution in [2.75, 3.05) is 6.54 Å². The molecule has 1 aliphatic rings. The van der Waals surface area contributed by atoms with Crippen LogP contribution in [0.4, 0.5) is 4.39 Å². The largest absolute Gasteiger partial charge is 0.383 e. The van der Waals surface area contributed by atoms with Crippen molar-refractivity contribution in [2.45, 2.75) is 13.3 Å². The molecule has 0 bridgehead atoms. The van der Waals surface area contributed by atoms with Gasteiger partial charge in [0.2, 0.25) is 0 Å². The number of hydrogen-bond donors (Lipinski definition) is 1. The van der Waals surface area contributed by atoms with Crippen LogP contribution in [0.1, 0.15) is 13.3 Å². The second kappa shape index (κ2) is 3.96. The Morgan fingerprint density at radius 1 is 1.64 bits per heavy atom. The average molecular weight is 153 g/mol. The minimum atomic E-state index is -0.180. The Balaban J connectivity index is 2.69. The van der Waals surface area contributed by atoms with Crippen LogP contribution >= 0.6 is 0 Å². The van der Waals surface area contributed by atoms with E-state index >= 15 is 0 Å². The van der Waals surface area contributed by atoms with Crippen molar-refractivity contribution >= 4 is 0 Å². The molecule has 0 atom stereocenters. The van der Waals surface area contributed by atoms with Gasteiger partial charge < -0.3 is 5.32 Å². The zero-order chi connectivity index (χ0) is 8.10. The molecule has 11 heavy (non-hydrogen) atoms. The van der Waals surface area contributed by atoms with Gasteiger partial charge in [-0.3, -0.25) is 0 Å². The van der Waals surface area contributed by atoms with Crippen molar-refractivity contribution < 1.29 is 4.39 Å². The first-order valence-corrected chi connectivity index (χ1v) is 3.81. The van der Waals surface area contributed by atoms with Gasteiger partial charge in [0.1, 0.15) is 5.83 Å². The molecule has 2 heteroatoms. The molecule has 1 N–H and O–H groups in total.